The molecule has 0 atom stereocenters. The van der Waals surface area contributed by atoms with Gasteiger partial charge in [-0.15, -0.1) is 0 Å². The van der Waals surface area contributed by atoms with E-state index < -0.39 is 0 Å². The zero-order chi connectivity index (χ0) is 21.6. The van der Waals surface area contributed by atoms with Gasteiger partial charge in [-0.3, -0.25) is 4.79 Å². The molecular weight excluding hydrogens is 392 g/mol. The average molecular weight is 414 g/mol. The van der Waals surface area contributed by atoms with E-state index in [0.29, 0.717) is 29.2 Å². The van der Waals surface area contributed by atoms with Crippen LogP contribution < -0.4 is 14.9 Å². The first kappa shape index (κ1) is 20.2. The Morgan fingerprint density at radius 2 is 1.97 bits per heavy atom. The predicted octanol–water partition coefficient (Wildman–Crippen LogP) is 4.40. The lowest BCUT2D eigenvalue weighted by Gasteiger charge is -2.11. The standard InChI is InChI=1S/C24H22N4O3/c1-3-31-21-11-7-10-18(22(21)30-2)15-25-28-24(29)17-12-13-19-20(14-17)27-23(26-19)16-8-5-4-6-9-16/h4-15H,3H2,1-2H3,(H,26,27)(H,28,29)/b25-15+. The Bertz CT molecular complexity index is 1230. The normalized spacial score (nSPS) is 11.0. The molecule has 4 rings (SSSR count). The first-order valence-electron chi connectivity index (χ1n) is 9.88. The average Bonchev–Trinajstić information content (AvgIpc) is 3.23. The second-order valence-corrected chi connectivity index (χ2v) is 6.69. The first-order valence-corrected chi connectivity index (χ1v) is 9.88. The number of para-hydroxylation sites is 1. The molecule has 0 unspecified atom stereocenters. The summed E-state index contributed by atoms with van der Waals surface area (Å²) < 4.78 is 11.0. The summed E-state index contributed by atoms with van der Waals surface area (Å²) in [7, 11) is 1.57. The van der Waals surface area contributed by atoms with Gasteiger partial charge in [0.25, 0.3) is 5.91 Å². The van der Waals surface area contributed by atoms with Crippen LogP contribution in [0.15, 0.2) is 71.8 Å². The van der Waals surface area contributed by atoms with Crippen molar-refractivity contribution in [3.8, 4) is 22.9 Å². The van der Waals surface area contributed by atoms with Crippen molar-refractivity contribution < 1.29 is 14.3 Å². The number of aromatic nitrogens is 2. The molecule has 0 fully saturated rings. The Hall–Kier alpha value is -4.13. The number of aromatic amines is 1. The minimum absolute atomic E-state index is 0.325. The summed E-state index contributed by atoms with van der Waals surface area (Å²) in [5.41, 5.74) is 6.28. The molecule has 1 heterocycles. The molecule has 0 aliphatic heterocycles. The molecule has 0 aliphatic carbocycles. The topological polar surface area (TPSA) is 88.6 Å². The fourth-order valence-corrected chi connectivity index (χ4v) is 3.23. The molecule has 1 amide bonds. The maximum Gasteiger partial charge on any atom is 0.271 e. The molecule has 0 aliphatic rings. The number of nitrogens with one attached hydrogen (secondary N) is 2. The van der Waals surface area contributed by atoms with Crippen LogP contribution in [-0.2, 0) is 0 Å². The SMILES string of the molecule is CCOc1cccc(/C=N/NC(=O)c2ccc3nc(-c4ccccc4)[nH]c3c2)c1OC. The van der Waals surface area contributed by atoms with E-state index in [1.807, 2.05) is 61.5 Å². The Kier molecular flexibility index (Phi) is 5.93. The van der Waals surface area contributed by atoms with Gasteiger partial charge in [-0.2, -0.15) is 5.10 Å². The Morgan fingerprint density at radius 3 is 2.74 bits per heavy atom. The number of carbonyl (C=O) groups is 1. The number of imidazole rings is 1. The van der Waals surface area contributed by atoms with Crippen LogP contribution in [0.3, 0.4) is 0 Å². The predicted molar refractivity (Wildman–Crippen MR) is 121 cm³/mol. The number of H-pyrrole nitrogens is 1. The number of benzene rings is 3. The Balaban J connectivity index is 1.51. The van der Waals surface area contributed by atoms with Gasteiger partial charge < -0.3 is 14.5 Å². The molecule has 0 bridgehead atoms. The lowest BCUT2D eigenvalue weighted by molar-refractivity contribution is 0.0955. The van der Waals surface area contributed by atoms with Crippen molar-refractivity contribution >= 4 is 23.2 Å². The molecule has 156 valence electrons. The molecule has 4 aromatic rings. The Labute approximate surface area is 179 Å². The van der Waals surface area contributed by atoms with Crippen molar-refractivity contribution in [2.24, 2.45) is 5.10 Å². The van der Waals surface area contributed by atoms with Crippen LogP contribution in [0.5, 0.6) is 11.5 Å². The van der Waals surface area contributed by atoms with Gasteiger partial charge in [0.2, 0.25) is 0 Å². The highest BCUT2D eigenvalue weighted by atomic mass is 16.5. The monoisotopic (exact) mass is 414 g/mol. The lowest BCUT2D eigenvalue weighted by Crippen LogP contribution is -2.17. The molecule has 0 saturated heterocycles. The summed E-state index contributed by atoms with van der Waals surface area (Å²) >= 11 is 0. The van der Waals surface area contributed by atoms with Gasteiger partial charge in [0.05, 0.1) is 31.0 Å². The number of amides is 1. The summed E-state index contributed by atoms with van der Waals surface area (Å²) in [4.78, 5) is 20.4. The molecule has 0 spiro atoms. The maximum absolute atomic E-state index is 12.6. The zero-order valence-corrected chi connectivity index (χ0v) is 17.3. The highest BCUT2D eigenvalue weighted by Crippen LogP contribution is 2.29. The highest BCUT2D eigenvalue weighted by molar-refractivity contribution is 5.98. The van der Waals surface area contributed by atoms with E-state index in [4.69, 9.17) is 9.47 Å². The summed E-state index contributed by atoms with van der Waals surface area (Å²) in [6.45, 7) is 2.43. The summed E-state index contributed by atoms with van der Waals surface area (Å²) in [5.74, 6) is 1.62. The maximum atomic E-state index is 12.6. The van der Waals surface area contributed by atoms with E-state index in [9.17, 15) is 4.79 Å². The molecule has 1 aromatic heterocycles. The van der Waals surface area contributed by atoms with E-state index in [1.165, 1.54) is 6.21 Å². The summed E-state index contributed by atoms with van der Waals surface area (Å²) in [6, 6.07) is 20.6. The molecule has 7 heteroatoms. The van der Waals surface area contributed by atoms with Crippen LogP contribution in [0.2, 0.25) is 0 Å². The number of hydrogen-bond donors (Lipinski definition) is 2. The number of rotatable bonds is 7. The van der Waals surface area contributed by atoms with Crippen molar-refractivity contribution in [3.63, 3.8) is 0 Å². The van der Waals surface area contributed by atoms with E-state index >= 15 is 0 Å². The number of hydrazone groups is 1. The number of nitrogens with zero attached hydrogens (tertiary/aromatic N) is 2. The number of hydrogen-bond acceptors (Lipinski definition) is 5. The lowest BCUT2D eigenvalue weighted by atomic mass is 10.2. The molecule has 7 nitrogen and oxygen atoms in total. The van der Waals surface area contributed by atoms with E-state index in [-0.39, 0.29) is 5.91 Å². The largest absolute Gasteiger partial charge is 0.492 e. The molecule has 31 heavy (non-hydrogen) atoms. The van der Waals surface area contributed by atoms with Gasteiger partial charge in [-0.05, 0) is 37.3 Å². The second-order valence-electron chi connectivity index (χ2n) is 6.69. The van der Waals surface area contributed by atoms with Gasteiger partial charge in [-0.25, -0.2) is 10.4 Å². The van der Waals surface area contributed by atoms with Gasteiger partial charge in [-0.1, -0.05) is 36.4 Å². The molecule has 0 radical (unpaired) electrons. The van der Waals surface area contributed by atoms with Crippen LogP contribution >= 0.6 is 0 Å². The minimum Gasteiger partial charge on any atom is -0.492 e. The summed E-state index contributed by atoms with van der Waals surface area (Å²) in [5, 5.41) is 4.07. The van der Waals surface area contributed by atoms with Gasteiger partial charge >= 0.3 is 0 Å². The van der Waals surface area contributed by atoms with Crippen LogP contribution in [0.1, 0.15) is 22.8 Å². The number of fused-ring (bicyclic) bond motifs is 1. The van der Waals surface area contributed by atoms with Crippen LogP contribution in [0.25, 0.3) is 22.4 Å². The van der Waals surface area contributed by atoms with Crippen molar-refractivity contribution in [2.45, 2.75) is 6.92 Å². The third kappa shape index (κ3) is 4.40. The fourth-order valence-electron chi connectivity index (χ4n) is 3.23. The number of methoxy groups -OCH3 is 1. The molecule has 3 aromatic carbocycles. The highest BCUT2D eigenvalue weighted by Gasteiger charge is 2.11. The number of ether oxygens (including phenoxy) is 2. The summed E-state index contributed by atoms with van der Waals surface area (Å²) in [6.07, 6.45) is 1.53. The second kappa shape index (κ2) is 9.13. The molecule has 0 saturated carbocycles. The van der Waals surface area contributed by atoms with Gasteiger partial charge in [0.15, 0.2) is 11.5 Å². The van der Waals surface area contributed by atoms with E-state index in [1.54, 1.807) is 19.2 Å². The molecule has 2 N–H and O–H groups in total. The van der Waals surface area contributed by atoms with Crippen LogP contribution in [0, 0.1) is 0 Å². The van der Waals surface area contributed by atoms with Crippen molar-refractivity contribution in [1.29, 1.82) is 0 Å². The van der Waals surface area contributed by atoms with Crippen molar-refractivity contribution in [1.82, 2.24) is 15.4 Å². The number of carbonyl (C=O) groups excluding carboxylic acids is 1. The zero-order valence-electron chi connectivity index (χ0n) is 17.3. The quantitative estimate of drug-likeness (QED) is 0.346. The van der Waals surface area contributed by atoms with Crippen molar-refractivity contribution in [2.75, 3.05) is 13.7 Å². The van der Waals surface area contributed by atoms with Crippen LogP contribution in [-0.4, -0.2) is 35.8 Å². The van der Waals surface area contributed by atoms with Gasteiger partial charge in [0, 0.05) is 16.7 Å². The minimum atomic E-state index is -0.325. The molecular formula is C24H22N4O3. The van der Waals surface area contributed by atoms with E-state index in [2.05, 4.69) is 20.5 Å². The van der Waals surface area contributed by atoms with Crippen LogP contribution in [0.4, 0.5) is 0 Å². The van der Waals surface area contributed by atoms with Crippen molar-refractivity contribution in [3.05, 3.63) is 77.9 Å². The fraction of sp³-hybridized carbons (Fsp3) is 0.125. The van der Waals surface area contributed by atoms with Gasteiger partial charge in [0.1, 0.15) is 5.82 Å². The third-order valence-corrected chi connectivity index (χ3v) is 4.67. The van der Waals surface area contributed by atoms with E-state index in [0.717, 1.165) is 22.4 Å². The smallest absolute Gasteiger partial charge is 0.271 e. The Morgan fingerprint density at radius 1 is 1.13 bits per heavy atom. The third-order valence-electron chi connectivity index (χ3n) is 4.67. The first-order chi connectivity index (χ1) is 15.2.